The fraction of sp³-hybridized carbons (Fsp3) is 0.207. The van der Waals surface area contributed by atoms with Crippen molar-refractivity contribution >= 4 is 35.0 Å². The molecule has 3 aromatic carbocycles. The van der Waals surface area contributed by atoms with Gasteiger partial charge in [-0.2, -0.15) is 0 Å². The van der Waals surface area contributed by atoms with Crippen molar-refractivity contribution in [1.29, 1.82) is 0 Å². The minimum Gasteiger partial charge on any atom is -0.497 e. The number of nitro benzene ring substituents is 1. The average molecular weight is 510 g/mol. The van der Waals surface area contributed by atoms with E-state index in [-0.39, 0.29) is 17.2 Å². The molecule has 0 radical (unpaired) electrons. The third-order valence-electron chi connectivity index (χ3n) is 7.75. The molecule has 4 atom stereocenters. The van der Waals surface area contributed by atoms with Crippen molar-refractivity contribution < 1.29 is 24.0 Å². The maximum absolute atomic E-state index is 14.0. The van der Waals surface area contributed by atoms with Gasteiger partial charge >= 0.3 is 0 Å². The summed E-state index contributed by atoms with van der Waals surface area (Å²) in [5.74, 6) is -2.48. The zero-order valence-corrected chi connectivity index (χ0v) is 20.6. The van der Waals surface area contributed by atoms with Gasteiger partial charge in [0.15, 0.2) is 5.78 Å². The van der Waals surface area contributed by atoms with Crippen LogP contribution in [-0.2, 0) is 9.59 Å². The molecule has 9 heteroatoms. The highest BCUT2D eigenvalue weighted by atomic mass is 16.6. The number of hydrogen-bond acceptors (Lipinski definition) is 7. The topological polar surface area (TPSA) is 110 Å². The Morgan fingerprint density at radius 3 is 2.39 bits per heavy atom. The molecule has 3 heterocycles. The molecular formula is C29H23N3O6. The quantitative estimate of drug-likeness (QED) is 0.218. The van der Waals surface area contributed by atoms with Gasteiger partial charge in [-0.25, -0.2) is 4.90 Å². The minimum absolute atomic E-state index is 0.172. The van der Waals surface area contributed by atoms with Gasteiger partial charge in [0.2, 0.25) is 11.8 Å². The van der Waals surface area contributed by atoms with Crippen molar-refractivity contribution in [3.63, 3.8) is 0 Å². The Bertz CT molecular complexity index is 1550. The first-order chi connectivity index (χ1) is 18.3. The summed E-state index contributed by atoms with van der Waals surface area (Å²) in [5, 5.41) is 11.5. The molecule has 6 rings (SSSR count). The van der Waals surface area contributed by atoms with Gasteiger partial charge in [0.1, 0.15) is 11.8 Å². The van der Waals surface area contributed by atoms with Crippen molar-refractivity contribution in [3.05, 3.63) is 105 Å². The fourth-order valence-electron chi connectivity index (χ4n) is 5.97. The van der Waals surface area contributed by atoms with Crippen LogP contribution in [0.4, 0.5) is 11.4 Å². The first-order valence-corrected chi connectivity index (χ1v) is 12.2. The molecule has 0 aromatic heterocycles. The van der Waals surface area contributed by atoms with Crippen LogP contribution < -0.4 is 9.64 Å². The number of carbonyl (C=O) groups is 3. The number of Topliss-reactive ketones (excluding diaryl/α,β-unsaturated/α-hetero) is 1. The van der Waals surface area contributed by atoms with Gasteiger partial charge in [0.05, 0.1) is 35.6 Å². The first kappa shape index (κ1) is 23.6. The highest BCUT2D eigenvalue weighted by Crippen LogP contribution is 2.54. The van der Waals surface area contributed by atoms with Gasteiger partial charge in [-0.15, -0.1) is 0 Å². The Kier molecular flexibility index (Phi) is 5.37. The minimum atomic E-state index is -0.962. The van der Waals surface area contributed by atoms with E-state index >= 15 is 0 Å². The number of anilines is 1. The summed E-state index contributed by atoms with van der Waals surface area (Å²) in [5.41, 5.74) is 2.67. The number of nitro groups is 1. The van der Waals surface area contributed by atoms with Gasteiger partial charge < -0.3 is 9.64 Å². The number of benzene rings is 3. The number of nitrogens with zero attached hydrogens (tertiary/aromatic N) is 3. The molecule has 9 nitrogen and oxygen atoms in total. The molecule has 1 unspecified atom stereocenters. The van der Waals surface area contributed by atoms with Crippen LogP contribution in [0.25, 0.3) is 6.08 Å². The van der Waals surface area contributed by atoms with E-state index in [1.807, 2.05) is 35.2 Å². The molecule has 0 bridgehead atoms. The number of ketones is 1. The summed E-state index contributed by atoms with van der Waals surface area (Å²) in [6.45, 7) is 1.69. The molecule has 2 fully saturated rings. The maximum Gasteiger partial charge on any atom is 0.271 e. The third kappa shape index (κ3) is 3.35. The Hall–Kier alpha value is -4.79. The summed E-state index contributed by atoms with van der Waals surface area (Å²) in [4.78, 5) is 55.8. The van der Waals surface area contributed by atoms with Crippen molar-refractivity contribution in [2.75, 3.05) is 12.0 Å². The van der Waals surface area contributed by atoms with E-state index in [0.717, 1.165) is 16.0 Å². The molecule has 2 saturated heterocycles. The molecule has 0 spiro atoms. The summed E-state index contributed by atoms with van der Waals surface area (Å²) < 4.78 is 5.21. The molecule has 2 amide bonds. The number of carbonyl (C=O) groups excluding carboxylic acids is 3. The maximum atomic E-state index is 14.0. The average Bonchev–Trinajstić information content (AvgIpc) is 3.41. The van der Waals surface area contributed by atoms with Gasteiger partial charge in [-0.05, 0) is 54.0 Å². The van der Waals surface area contributed by atoms with E-state index in [2.05, 4.69) is 0 Å². The van der Waals surface area contributed by atoms with Crippen LogP contribution in [0.1, 0.15) is 33.1 Å². The molecule has 0 saturated carbocycles. The molecule has 38 heavy (non-hydrogen) atoms. The Balaban J connectivity index is 1.49. The van der Waals surface area contributed by atoms with Crippen LogP contribution in [-0.4, -0.2) is 40.6 Å². The number of ether oxygens (including phenoxy) is 1. The Morgan fingerprint density at radius 2 is 1.68 bits per heavy atom. The fourth-order valence-corrected chi connectivity index (χ4v) is 5.97. The largest absolute Gasteiger partial charge is 0.497 e. The number of rotatable bonds is 5. The van der Waals surface area contributed by atoms with E-state index in [4.69, 9.17) is 4.74 Å². The molecule has 3 aliphatic rings. The molecule has 0 aliphatic carbocycles. The zero-order valence-electron chi connectivity index (χ0n) is 20.6. The zero-order chi connectivity index (χ0) is 26.7. The van der Waals surface area contributed by atoms with Crippen LogP contribution in [0.15, 0.2) is 72.9 Å². The van der Waals surface area contributed by atoms with E-state index in [9.17, 15) is 24.5 Å². The number of imide groups is 1. The molecule has 0 N–H and O–H groups in total. The third-order valence-corrected chi connectivity index (χ3v) is 7.75. The summed E-state index contributed by atoms with van der Waals surface area (Å²) >= 11 is 0. The van der Waals surface area contributed by atoms with Gasteiger partial charge in [0, 0.05) is 23.9 Å². The van der Waals surface area contributed by atoms with E-state index in [0.29, 0.717) is 16.9 Å². The lowest BCUT2D eigenvalue weighted by Crippen LogP contribution is -2.44. The standard InChI is InChI=1S/C29H23N3O6/c1-16-7-10-19(32(36)37)15-22(16)31-28(34)23-24(29(31)35)26(27(33)18-8-11-20(38-2)12-9-18)30-14-13-17-5-3-4-6-21(17)25(23)30/h3-15,23-26H,1-2H3/t23-,24+,25?,26-/m1/s1. The summed E-state index contributed by atoms with van der Waals surface area (Å²) in [6, 6.07) is 16.9. The second kappa shape index (κ2) is 8.65. The van der Waals surface area contributed by atoms with Crippen molar-refractivity contribution in [1.82, 2.24) is 4.90 Å². The van der Waals surface area contributed by atoms with Crippen molar-refractivity contribution in [2.45, 2.75) is 19.0 Å². The first-order valence-electron chi connectivity index (χ1n) is 12.2. The van der Waals surface area contributed by atoms with Crippen LogP contribution >= 0.6 is 0 Å². The molecule has 3 aromatic rings. The number of hydrogen-bond donors (Lipinski definition) is 0. The van der Waals surface area contributed by atoms with Crippen LogP contribution in [0.2, 0.25) is 0 Å². The van der Waals surface area contributed by atoms with Crippen LogP contribution in [0.3, 0.4) is 0 Å². The second-order valence-corrected chi connectivity index (χ2v) is 9.67. The Morgan fingerprint density at radius 1 is 0.974 bits per heavy atom. The van der Waals surface area contributed by atoms with Crippen molar-refractivity contribution in [3.8, 4) is 5.75 Å². The van der Waals surface area contributed by atoms with Crippen molar-refractivity contribution in [2.24, 2.45) is 11.8 Å². The Labute approximate surface area is 218 Å². The predicted octanol–water partition coefficient (Wildman–Crippen LogP) is 4.31. The lowest BCUT2D eigenvalue weighted by Gasteiger charge is -2.35. The smallest absolute Gasteiger partial charge is 0.271 e. The van der Waals surface area contributed by atoms with Gasteiger partial charge in [-0.1, -0.05) is 30.3 Å². The summed E-state index contributed by atoms with van der Waals surface area (Å²) in [6.07, 6.45) is 3.68. The molecular weight excluding hydrogens is 486 g/mol. The number of aryl methyl sites for hydroxylation is 1. The van der Waals surface area contributed by atoms with E-state index in [1.165, 1.54) is 25.3 Å². The van der Waals surface area contributed by atoms with Crippen LogP contribution in [0.5, 0.6) is 5.75 Å². The molecule has 3 aliphatic heterocycles. The number of non-ortho nitro benzene ring substituents is 1. The monoisotopic (exact) mass is 509 g/mol. The van der Waals surface area contributed by atoms with Gasteiger partial charge in [0.25, 0.3) is 5.69 Å². The number of fused-ring (bicyclic) bond motifs is 5. The highest BCUT2D eigenvalue weighted by Gasteiger charge is 2.64. The summed E-state index contributed by atoms with van der Waals surface area (Å²) in [7, 11) is 1.53. The highest BCUT2D eigenvalue weighted by molar-refractivity contribution is 6.25. The SMILES string of the molecule is COc1ccc(C(=O)[C@H]2[C@H]3C(=O)N(c4cc([N+](=O)[O-])ccc4C)C(=O)[C@H]3C3c4ccccc4C=CN32)cc1. The normalized spacial score (nSPS) is 23.2. The van der Waals surface area contributed by atoms with E-state index in [1.54, 1.807) is 37.4 Å². The van der Waals surface area contributed by atoms with Gasteiger partial charge in [-0.3, -0.25) is 24.5 Å². The lowest BCUT2D eigenvalue weighted by molar-refractivity contribution is -0.384. The molecule has 190 valence electrons. The second-order valence-electron chi connectivity index (χ2n) is 9.67. The number of methoxy groups -OCH3 is 1. The lowest BCUT2D eigenvalue weighted by atomic mass is 9.83. The van der Waals surface area contributed by atoms with E-state index < -0.39 is 40.7 Å². The predicted molar refractivity (Wildman–Crippen MR) is 138 cm³/mol. The number of amides is 2. The van der Waals surface area contributed by atoms with Crippen LogP contribution in [0, 0.1) is 28.9 Å².